The number of amides is 1. The number of nitrogens with zero attached hydrogens (tertiary/aromatic N) is 2. The maximum atomic E-state index is 13.1. The van der Waals surface area contributed by atoms with E-state index < -0.39 is 11.7 Å². The van der Waals surface area contributed by atoms with Gasteiger partial charge in [-0.05, 0) is 44.5 Å². The molecule has 146 valence electrons. The summed E-state index contributed by atoms with van der Waals surface area (Å²) in [6.45, 7) is 6.63. The number of aryl methyl sites for hydroxylation is 2. The summed E-state index contributed by atoms with van der Waals surface area (Å²) in [4.78, 5) is 30.7. The predicted molar refractivity (Wildman–Crippen MR) is 117 cm³/mol. The number of thiophene rings is 1. The van der Waals surface area contributed by atoms with Crippen molar-refractivity contribution in [3.05, 3.63) is 82.1 Å². The second kappa shape index (κ2) is 7.64. The van der Waals surface area contributed by atoms with Gasteiger partial charge >= 0.3 is 0 Å². The van der Waals surface area contributed by atoms with Gasteiger partial charge in [-0.3, -0.25) is 14.6 Å². The van der Waals surface area contributed by atoms with Gasteiger partial charge in [0.05, 0.1) is 15.8 Å². The Balaban J connectivity index is 1.72. The molecule has 0 saturated heterocycles. The Bertz CT molecular complexity index is 1200. The number of aromatic nitrogens is 2. The van der Waals surface area contributed by atoms with E-state index in [1.807, 2.05) is 13.8 Å². The second-order valence-electron chi connectivity index (χ2n) is 7.12. The highest BCUT2D eigenvalue weighted by Gasteiger charge is 2.26. The number of ketones is 1. The van der Waals surface area contributed by atoms with Crippen LogP contribution in [0.3, 0.4) is 0 Å². The van der Waals surface area contributed by atoms with E-state index in [0.29, 0.717) is 17.8 Å². The molecule has 0 saturated carbocycles. The zero-order valence-electron chi connectivity index (χ0n) is 16.5. The maximum Gasteiger partial charge on any atom is 0.296 e. The van der Waals surface area contributed by atoms with Crippen LogP contribution in [-0.2, 0) is 11.3 Å². The van der Waals surface area contributed by atoms with Gasteiger partial charge in [-0.15, -0.1) is 11.3 Å². The second-order valence-corrected chi connectivity index (χ2v) is 8.38. The van der Waals surface area contributed by atoms with Gasteiger partial charge in [0.15, 0.2) is 0 Å². The van der Waals surface area contributed by atoms with Gasteiger partial charge in [-0.1, -0.05) is 29.8 Å². The largest absolute Gasteiger partial charge is 0.339 e. The van der Waals surface area contributed by atoms with Crippen LogP contribution in [0.15, 0.2) is 54.9 Å². The van der Waals surface area contributed by atoms with E-state index in [1.165, 1.54) is 5.56 Å². The molecule has 0 radical (unpaired) electrons. The highest BCUT2D eigenvalue weighted by atomic mass is 32.1. The van der Waals surface area contributed by atoms with Crippen molar-refractivity contribution in [2.45, 2.75) is 27.3 Å². The number of rotatable bonds is 5. The van der Waals surface area contributed by atoms with E-state index in [2.05, 4.69) is 52.1 Å². The van der Waals surface area contributed by atoms with Gasteiger partial charge in [-0.2, -0.15) is 0 Å². The fourth-order valence-corrected chi connectivity index (χ4v) is 4.55. The standard InChI is InChI=1S/C23H21N3O2S/c1-14-4-6-17(7-5-14)13-26-16(3)20(22-19(26)12-15(2)29-22)21(27)23(28)25-18-8-10-24-11-9-18/h4-12H,13H2,1-3H3,(H,24,25,28). The fraction of sp³-hybridized carbons (Fsp3) is 0.174. The Morgan fingerprint density at radius 3 is 2.41 bits per heavy atom. The lowest BCUT2D eigenvalue weighted by molar-refractivity contribution is -0.112. The monoisotopic (exact) mass is 403 g/mol. The lowest BCUT2D eigenvalue weighted by atomic mass is 10.1. The van der Waals surface area contributed by atoms with Crippen LogP contribution in [0, 0.1) is 20.8 Å². The van der Waals surface area contributed by atoms with Gasteiger partial charge in [0.1, 0.15) is 0 Å². The Kier molecular flexibility index (Phi) is 5.03. The van der Waals surface area contributed by atoms with Crippen LogP contribution in [0.5, 0.6) is 0 Å². The first-order valence-electron chi connectivity index (χ1n) is 9.34. The predicted octanol–water partition coefficient (Wildman–Crippen LogP) is 4.89. The lowest BCUT2D eigenvalue weighted by Crippen LogP contribution is -2.23. The van der Waals surface area contributed by atoms with Crippen molar-refractivity contribution in [1.29, 1.82) is 0 Å². The molecular weight excluding hydrogens is 382 g/mol. The topological polar surface area (TPSA) is 64.0 Å². The third kappa shape index (κ3) is 3.71. The SMILES string of the molecule is Cc1ccc(Cn2c(C)c(C(=O)C(=O)Nc3ccncc3)c3sc(C)cc32)cc1. The van der Waals surface area contributed by atoms with Crippen molar-refractivity contribution >= 4 is 38.9 Å². The third-order valence-corrected chi connectivity index (χ3v) is 6.01. The summed E-state index contributed by atoms with van der Waals surface area (Å²) in [5.74, 6) is -1.16. The van der Waals surface area contributed by atoms with Gasteiger partial charge in [-0.25, -0.2) is 0 Å². The molecule has 0 atom stereocenters. The molecule has 29 heavy (non-hydrogen) atoms. The van der Waals surface area contributed by atoms with Crippen LogP contribution in [0.2, 0.25) is 0 Å². The summed E-state index contributed by atoms with van der Waals surface area (Å²) in [5.41, 5.74) is 5.19. The summed E-state index contributed by atoms with van der Waals surface area (Å²) in [5, 5.41) is 2.67. The molecule has 1 aromatic carbocycles. The number of fused-ring (bicyclic) bond motifs is 1. The molecule has 0 unspecified atom stereocenters. The Labute approximate surface area is 173 Å². The van der Waals surface area contributed by atoms with Crippen LogP contribution >= 0.6 is 11.3 Å². The smallest absolute Gasteiger partial charge is 0.296 e. The lowest BCUT2D eigenvalue weighted by Gasteiger charge is -2.09. The highest BCUT2D eigenvalue weighted by Crippen LogP contribution is 2.34. The van der Waals surface area contributed by atoms with E-state index in [1.54, 1.807) is 35.9 Å². The van der Waals surface area contributed by atoms with E-state index in [0.717, 1.165) is 26.4 Å². The molecule has 0 spiro atoms. The van der Waals surface area contributed by atoms with E-state index in [-0.39, 0.29) is 0 Å². The first kappa shape index (κ1) is 19.1. The molecule has 0 fully saturated rings. The third-order valence-electron chi connectivity index (χ3n) is 4.95. The van der Waals surface area contributed by atoms with Crippen molar-refractivity contribution < 1.29 is 9.59 Å². The van der Waals surface area contributed by atoms with Gasteiger partial charge in [0.2, 0.25) is 0 Å². The zero-order chi connectivity index (χ0) is 20.5. The number of nitrogens with one attached hydrogen (secondary N) is 1. The summed E-state index contributed by atoms with van der Waals surface area (Å²) >= 11 is 1.55. The summed E-state index contributed by atoms with van der Waals surface area (Å²) in [6.07, 6.45) is 3.15. The minimum atomic E-state index is -0.639. The normalized spacial score (nSPS) is 11.0. The van der Waals surface area contributed by atoms with E-state index >= 15 is 0 Å². The molecule has 0 bridgehead atoms. The summed E-state index contributed by atoms with van der Waals surface area (Å²) in [7, 11) is 0. The molecule has 4 rings (SSSR count). The molecule has 4 aromatic rings. The first-order chi connectivity index (χ1) is 13.9. The van der Waals surface area contributed by atoms with E-state index in [9.17, 15) is 9.59 Å². The fourth-order valence-electron chi connectivity index (χ4n) is 3.44. The molecular formula is C23H21N3O2S. The molecule has 0 aliphatic heterocycles. The number of hydrogen-bond donors (Lipinski definition) is 1. The minimum Gasteiger partial charge on any atom is -0.339 e. The molecule has 0 aliphatic rings. The van der Waals surface area contributed by atoms with Crippen molar-refractivity contribution in [3.63, 3.8) is 0 Å². The number of carbonyl (C=O) groups excluding carboxylic acids is 2. The van der Waals surface area contributed by atoms with Crippen LogP contribution in [-0.4, -0.2) is 21.2 Å². The van der Waals surface area contributed by atoms with Gasteiger partial charge in [0.25, 0.3) is 11.7 Å². The summed E-state index contributed by atoms with van der Waals surface area (Å²) in [6, 6.07) is 13.8. The number of anilines is 1. The van der Waals surface area contributed by atoms with E-state index in [4.69, 9.17) is 0 Å². The number of Topliss-reactive ketones (excluding diaryl/α,β-unsaturated/α-hetero) is 1. The molecule has 1 amide bonds. The molecule has 3 aromatic heterocycles. The van der Waals surface area contributed by atoms with Crippen molar-refractivity contribution in [2.75, 3.05) is 5.32 Å². The first-order valence-corrected chi connectivity index (χ1v) is 10.2. The molecule has 6 heteroatoms. The van der Waals surface area contributed by atoms with Gasteiger partial charge in [0, 0.05) is 35.2 Å². The van der Waals surface area contributed by atoms with Crippen molar-refractivity contribution in [3.8, 4) is 0 Å². The quantitative estimate of drug-likeness (QED) is 0.381. The van der Waals surface area contributed by atoms with Crippen molar-refractivity contribution in [1.82, 2.24) is 9.55 Å². The molecule has 5 nitrogen and oxygen atoms in total. The zero-order valence-corrected chi connectivity index (χ0v) is 17.3. The molecule has 0 aliphatic carbocycles. The average Bonchev–Trinajstić information content (AvgIpc) is 3.19. The number of carbonyl (C=O) groups is 2. The Morgan fingerprint density at radius 1 is 1.03 bits per heavy atom. The number of hydrogen-bond acceptors (Lipinski definition) is 4. The Morgan fingerprint density at radius 2 is 1.72 bits per heavy atom. The van der Waals surface area contributed by atoms with Crippen LogP contribution in [0.4, 0.5) is 5.69 Å². The van der Waals surface area contributed by atoms with Crippen molar-refractivity contribution in [2.24, 2.45) is 0 Å². The highest BCUT2D eigenvalue weighted by molar-refractivity contribution is 7.19. The number of benzene rings is 1. The Hall–Kier alpha value is -3.25. The van der Waals surface area contributed by atoms with Gasteiger partial charge < -0.3 is 9.88 Å². The van der Waals surface area contributed by atoms with Crippen LogP contribution in [0.25, 0.3) is 10.2 Å². The minimum absolute atomic E-state index is 0.483. The maximum absolute atomic E-state index is 13.1. The summed E-state index contributed by atoms with van der Waals surface area (Å²) < 4.78 is 2.98. The van der Waals surface area contributed by atoms with Crippen LogP contribution < -0.4 is 5.32 Å². The number of pyridine rings is 1. The molecule has 1 N–H and O–H groups in total. The average molecular weight is 404 g/mol. The molecule has 3 heterocycles. The van der Waals surface area contributed by atoms with Crippen LogP contribution in [0.1, 0.15) is 32.1 Å².